The molecule has 1 N–H and O–H groups in total. The molecular weight excluding hydrogens is 352 g/mol. The van der Waals surface area contributed by atoms with E-state index in [1.807, 2.05) is 48.5 Å². The molecule has 140 valence electrons. The molecule has 0 amide bonds. The van der Waals surface area contributed by atoms with Gasteiger partial charge in [0.15, 0.2) is 11.5 Å². The maximum absolute atomic E-state index is 10.5. The summed E-state index contributed by atoms with van der Waals surface area (Å²) in [5.41, 5.74) is 1.98. The maximum atomic E-state index is 10.5. The number of para-hydroxylation sites is 4. The number of fused-ring (bicyclic) bond motifs is 1. The molecule has 0 saturated heterocycles. The van der Waals surface area contributed by atoms with Gasteiger partial charge < -0.3 is 19.1 Å². The molecule has 26 heavy (non-hydrogen) atoms. The number of imidazole rings is 1. The monoisotopic (exact) mass is 376 g/mol. The zero-order chi connectivity index (χ0) is 17.8. The minimum atomic E-state index is -0.653. The van der Waals surface area contributed by atoms with Crippen molar-refractivity contribution in [3.05, 3.63) is 54.4 Å². The highest BCUT2D eigenvalue weighted by Crippen LogP contribution is 2.26. The van der Waals surface area contributed by atoms with Crippen LogP contribution in [0.5, 0.6) is 11.5 Å². The van der Waals surface area contributed by atoms with Gasteiger partial charge >= 0.3 is 0 Å². The van der Waals surface area contributed by atoms with Gasteiger partial charge in [-0.1, -0.05) is 38.1 Å². The van der Waals surface area contributed by atoms with Crippen LogP contribution < -0.4 is 9.47 Å². The third kappa shape index (κ3) is 4.29. The number of ether oxygens (including phenoxy) is 2. The van der Waals surface area contributed by atoms with Crippen molar-refractivity contribution in [2.45, 2.75) is 32.4 Å². The number of halogens is 1. The van der Waals surface area contributed by atoms with Crippen LogP contribution in [0.4, 0.5) is 0 Å². The second-order valence-corrected chi connectivity index (χ2v) is 6.34. The molecule has 5 nitrogen and oxygen atoms in total. The number of nitrogens with zero attached hydrogens (tertiary/aromatic N) is 2. The third-order valence-corrected chi connectivity index (χ3v) is 4.09. The lowest BCUT2D eigenvalue weighted by atomic mass is 10.2. The summed E-state index contributed by atoms with van der Waals surface area (Å²) in [6.07, 6.45) is -0.653. The Balaban J connectivity index is 0.00000243. The van der Waals surface area contributed by atoms with Gasteiger partial charge in [0.2, 0.25) is 0 Å². The highest BCUT2D eigenvalue weighted by atomic mass is 35.5. The predicted octanol–water partition coefficient (Wildman–Crippen LogP) is 4.03. The van der Waals surface area contributed by atoms with Gasteiger partial charge in [-0.15, -0.1) is 12.4 Å². The number of aromatic nitrogens is 2. The molecule has 0 bridgehead atoms. The van der Waals surface area contributed by atoms with Gasteiger partial charge in [0.25, 0.3) is 0 Å². The summed E-state index contributed by atoms with van der Waals surface area (Å²) < 4.78 is 13.1. The van der Waals surface area contributed by atoms with E-state index in [4.69, 9.17) is 14.5 Å². The third-order valence-electron chi connectivity index (χ3n) is 4.09. The Labute approximate surface area is 160 Å². The molecule has 6 heteroatoms. The number of benzene rings is 2. The lowest BCUT2D eigenvalue weighted by molar-refractivity contribution is 0.0910. The quantitative estimate of drug-likeness (QED) is 0.676. The molecule has 3 rings (SSSR count). The zero-order valence-electron chi connectivity index (χ0n) is 15.3. The van der Waals surface area contributed by atoms with Crippen molar-refractivity contribution >= 4 is 23.4 Å². The fourth-order valence-corrected chi connectivity index (χ4v) is 2.91. The number of aliphatic hydroxyl groups excluding tert-OH is 1. The van der Waals surface area contributed by atoms with Gasteiger partial charge in [-0.3, -0.25) is 0 Å². The van der Waals surface area contributed by atoms with Crippen molar-refractivity contribution < 1.29 is 14.6 Å². The second-order valence-electron chi connectivity index (χ2n) is 6.34. The standard InChI is InChI=1S/C20H24N2O3.ClH/c1-14(2)20-21-16-8-4-5-9-17(16)22(20)12-15(23)13-25-19-11-7-6-10-18(19)24-3;/h4-11,14-15,23H,12-13H2,1-3H3;1H. The van der Waals surface area contributed by atoms with Crippen LogP contribution in [0.25, 0.3) is 11.0 Å². The largest absolute Gasteiger partial charge is 0.493 e. The SMILES string of the molecule is COc1ccccc1OCC(O)Cn1c(C(C)C)nc2ccccc21.Cl. The molecular formula is C20H25ClN2O3. The summed E-state index contributed by atoms with van der Waals surface area (Å²) in [5, 5.41) is 10.5. The second kappa shape index (κ2) is 8.92. The molecule has 1 atom stereocenters. The van der Waals surface area contributed by atoms with Gasteiger partial charge in [-0.2, -0.15) is 0 Å². The number of hydrogen-bond acceptors (Lipinski definition) is 4. The Morgan fingerprint density at radius 1 is 1.04 bits per heavy atom. The molecule has 0 aliphatic carbocycles. The van der Waals surface area contributed by atoms with E-state index >= 15 is 0 Å². The minimum Gasteiger partial charge on any atom is -0.493 e. The molecule has 2 aromatic carbocycles. The van der Waals surface area contributed by atoms with Crippen molar-refractivity contribution in [2.24, 2.45) is 0 Å². The minimum absolute atomic E-state index is 0. The highest BCUT2D eigenvalue weighted by Gasteiger charge is 2.17. The van der Waals surface area contributed by atoms with Crippen molar-refractivity contribution in [2.75, 3.05) is 13.7 Å². The van der Waals surface area contributed by atoms with E-state index < -0.39 is 6.10 Å². The van der Waals surface area contributed by atoms with Crippen LogP contribution in [0.1, 0.15) is 25.6 Å². The van der Waals surface area contributed by atoms with Gasteiger partial charge in [0.1, 0.15) is 18.5 Å². The van der Waals surface area contributed by atoms with Crippen LogP contribution >= 0.6 is 12.4 Å². The normalized spacial score (nSPS) is 12.0. The first-order valence-corrected chi connectivity index (χ1v) is 8.49. The van der Waals surface area contributed by atoms with Crippen LogP contribution in [0.3, 0.4) is 0 Å². The van der Waals surface area contributed by atoms with Crippen LogP contribution in [-0.4, -0.2) is 34.5 Å². The van der Waals surface area contributed by atoms with Gasteiger partial charge in [-0.25, -0.2) is 4.98 Å². The number of aliphatic hydroxyl groups is 1. The molecule has 1 aromatic heterocycles. The van der Waals surface area contributed by atoms with E-state index in [0.29, 0.717) is 18.0 Å². The molecule has 0 aliphatic rings. The molecule has 0 aliphatic heterocycles. The molecule has 1 heterocycles. The van der Waals surface area contributed by atoms with E-state index in [9.17, 15) is 5.11 Å². The van der Waals surface area contributed by atoms with E-state index in [-0.39, 0.29) is 24.9 Å². The lowest BCUT2D eigenvalue weighted by Crippen LogP contribution is -2.25. The fraction of sp³-hybridized carbons (Fsp3) is 0.350. The van der Waals surface area contributed by atoms with Crippen molar-refractivity contribution in [1.29, 1.82) is 0 Å². The summed E-state index contributed by atoms with van der Waals surface area (Å²) in [7, 11) is 1.60. The highest BCUT2D eigenvalue weighted by molar-refractivity contribution is 5.85. The first kappa shape index (κ1) is 20.1. The summed E-state index contributed by atoms with van der Waals surface area (Å²) in [6, 6.07) is 15.4. The topological polar surface area (TPSA) is 56.5 Å². The Kier molecular flexibility index (Phi) is 6.89. The van der Waals surface area contributed by atoms with E-state index in [1.165, 1.54) is 0 Å². The van der Waals surface area contributed by atoms with Crippen LogP contribution in [0, 0.1) is 0 Å². The lowest BCUT2D eigenvalue weighted by Gasteiger charge is -2.17. The van der Waals surface area contributed by atoms with Crippen LogP contribution in [0.15, 0.2) is 48.5 Å². The van der Waals surface area contributed by atoms with Crippen LogP contribution in [-0.2, 0) is 6.54 Å². The predicted molar refractivity (Wildman–Crippen MR) is 106 cm³/mol. The molecule has 0 saturated carbocycles. The summed E-state index contributed by atoms with van der Waals surface area (Å²) >= 11 is 0. The smallest absolute Gasteiger partial charge is 0.161 e. The molecule has 3 aromatic rings. The first-order valence-electron chi connectivity index (χ1n) is 8.49. The Morgan fingerprint density at radius 3 is 2.38 bits per heavy atom. The van der Waals surface area contributed by atoms with Crippen LogP contribution in [0.2, 0.25) is 0 Å². The Morgan fingerprint density at radius 2 is 1.69 bits per heavy atom. The number of hydrogen-bond donors (Lipinski definition) is 1. The Bertz CT molecular complexity index is 848. The average molecular weight is 377 g/mol. The molecule has 1 unspecified atom stereocenters. The van der Waals surface area contributed by atoms with Crippen molar-refractivity contribution in [3.63, 3.8) is 0 Å². The molecule has 0 radical (unpaired) electrons. The van der Waals surface area contributed by atoms with Gasteiger partial charge in [0, 0.05) is 5.92 Å². The maximum Gasteiger partial charge on any atom is 0.161 e. The van der Waals surface area contributed by atoms with Crippen molar-refractivity contribution in [1.82, 2.24) is 9.55 Å². The molecule has 0 spiro atoms. The number of methoxy groups -OCH3 is 1. The van der Waals surface area contributed by atoms with Gasteiger partial charge in [0.05, 0.1) is 24.7 Å². The number of rotatable bonds is 7. The average Bonchev–Trinajstić information content (AvgIpc) is 2.99. The van der Waals surface area contributed by atoms with Crippen molar-refractivity contribution in [3.8, 4) is 11.5 Å². The van der Waals surface area contributed by atoms with Gasteiger partial charge in [-0.05, 0) is 24.3 Å². The van der Waals surface area contributed by atoms with E-state index in [1.54, 1.807) is 7.11 Å². The fourth-order valence-electron chi connectivity index (χ4n) is 2.91. The summed E-state index contributed by atoms with van der Waals surface area (Å²) in [4.78, 5) is 4.70. The molecule has 0 fully saturated rings. The zero-order valence-corrected chi connectivity index (χ0v) is 16.1. The first-order chi connectivity index (χ1) is 12.1. The van der Waals surface area contributed by atoms with E-state index in [2.05, 4.69) is 18.4 Å². The summed E-state index contributed by atoms with van der Waals surface area (Å²) in [5.74, 6) is 2.53. The Hall–Kier alpha value is -2.24. The van der Waals surface area contributed by atoms with E-state index in [0.717, 1.165) is 16.9 Å². The summed E-state index contributed by atoms with van der Waals surface area (Å²) in [6.45, 7) is 4.83.